The smallest absolute Gasteiger partial charge is 0.313 e. The molecule has 3 aromatic rings. The Morgan fingerprint density at radius 3 is 2.50 bits per heavy atom. The summed E-state index contributed by atoms with van der Waals surface area (Å²) in [5.74, 6) is -0.514. The molecule has 0 aliphatic rings. The molecule has 0 saturated carbocycles. The maximum absolute atomic E-state index is 12.3. The number of hydrazone groups is 1. The summed E-state index contributed by atoms with van der Waals surface area (Å²) in [5.41, 5.74) is 1.50. The summed E-state index contributed by atoms with van der Waals surface area (Å²) in [5, 5.41) is 4.37. The van der Waals surface area contributed by atoms with Crippen LogP contribution in [0.2, 0.25) is 5.02 Å². The van der Waals surface area contributed by atoms with Gasteiger partial charge in [0.25, 0.3) is 21.5 Å². The van der Waals surface area contributed by atoms with Crippen LogP contribution in [0.3, 0.4) is 0 Å². The first-order valence-corrected chi connectivity index (χ1v) is 10.1. The van der Waals surface area contributed by atoms with Crippen molar-refractivity contribution in [3.05, 3.63) is 91.7 Å². The Labute approximate surface area is 174 Å². The molecule has 30 heavy (non-hydrogen) atoms. The first-order valence-electron chi connectivity index (χ1n) is 8.28. The molecule has 0 unspecified atom stereocenters. The van der Waals surface area contributed by atoms with Gasteiger partial charge in [-0.25, -0.2) is 18.6 Å². The SMILES string of the molecule is O=C(N/N=C/c1cccc(Cl)c1)c1ccc(NS(=O)(=O)c2c[nH]c(=O)[nH]c2=O)cc1. The van der Waals surface area contributed by atoms with Gasteiger partial charge in [0.15, 0.2) is 4.90 Å². The van der Waals surface area contributed by atoms with Crippen LogP contribution in [-0.4, -0.2) is 30.5 Å². The van der Waals surface area contributed by atoms with E-state index in [0.29, 0.717) is 10.6 Å². The molecule has 0 saturated heterocycles. The molecule has 3 rings (SSSR count). The summed E-state index contributed by atoms with van der Waals surface area (Å²) in [6.07, 6.45) is 2.22. The number of benzene rings is 2. The van der Waals surface area contributed by atoms with Gasteiger partial charge >= 0.3 is 5.69 Å². The van der Waals surface area contributed by atoms with E-state index in [2.05, 4.69) is 20.2 Å². The number of hydrogen-bond acceptors (Lipinski definition) is 6. The lowest BCUT2D eigenvalue weighted by Crippen LogP contribution is -2.29. The summed E-state index contributed by atoms with van der Waals surface area (Å²) in [7, 11) is -4.24. The van der Waals surface area contributed by atoms with Gasteiger partial charge in [-0.15, -0.1) is 0 Å². The number of rotatable bonds is 6. The van der Waals surface area contributed by atoms with Crippen LogP contribution in [0.15, 0.2) is 74.3 Å². The quantitative estimate of drug-likeness (QED) is 0.331. The average molecular weight is 448 g/mol. The summed E-state index contributed by atoms with van der Waals surface area (Å²) in [6, 6.07) is 12.3. The Morgan fingerprint density at radius 1 is 1.10 bits per heavy atom. The van der Waals surface area contributed by atoms with E-state index in [-0.39, 0.29) is 11.3 Å². The zero-order valence-corrected chi connectivity index (χ0v) is 16.6. The van der Waals surface area contributed by atoms with Crippen LogP contribution >= 0.6 is 11.6 Å². The zero-order chi connectivity index (χ0) is 21.7. The van der Waals surface area contributed by atoms with Crippen molar-refractivity contribution < 1.29 is 13.2 Å². The predicted octanol–water partition coefficient (Wildman–Crippen LogP) is 1.28. The van der Waals surface area contributed by atoms with Gasteiger partial charge < -0.3 is 4.98 Å². The highest BCUT2D eigenvalue weighted by atomic mass is 35.5. The number of anilines is 1. The average Bonchev–Trinajstić information content (AvgIpc) is 2.68. The number of nitrogens with zero attached hydrogens (tertiary/aromatic N) is 1. The van der Waals surface area contributed by atoms with Gasteiger partial charge in [0.2, 0.25) is 0 Å². The van der Waals surface area contributed by atoms with Gasteiger partial charge in [0.05, 0.1) is 6.21 Å². The number of aromatic nitrogens is 2. The first-order chi connectivity index (χ1) is 14.2. The van der Waals surface area contributed by atoms with E-state index >= 15 is 0 Å². The maximum Gasteiger partial charge on any atom is 0.325 e. The topological polar surface area (TPSA) is 153 Å². The highest BCUT2D eigenvalue weighted by Crippen LogP contribution is 2.14. The molecule has 2 aromatic carbocycles. The van der Waals surface area contributed by atoms with Gasteiger partial charge in [-0.1, -0.05) is 23.7 Å². The number of amides is 1. The van der Waals surface area contributed by atoms with Crippen molar-refractivity contribution >= 4 is 39.4 Å². The number of carbonyl (C=O) groups excluding carboxylic acids is 1. The monoisotopic (exact) mass is 447 g/mol. The molecule has 154 valence electrons. The number of carbonyl (C=O) groups is 1. The van der Waals surface area contributed by atoms with Crippen LogP contribution in [0, 0.1) is 0 Å². The van der Waals surface area contributed by atoms with Gasteiger partial charge in [0, 0.05) is 22.5 Å². The van der Waals surface area contributed by atoms with E-state index < -0.39 is 32.1 Å². The van der Waals surface area contributed by atoms with Gasteiger partial charge in [-0.3, -0.25) is 19.3 Å². The van der Waals surface area contributed by atoms with E-state index in [0.717, 1.165) is 6.20 Å². The second-order valence-electron chi connectivity index (χ2n) is 5.87. The third-order valence-electron chi connectivity index (χ3n) is 3.70. The molecule has 0 bridgehead atoms. The van der Waals surface area contributed by atoms with E-state index in [9.17, 15) is 22.8 Å². The Bertz CT molecular complexity index is 1330. The Kier molecular flexibility index (Phi) is 6.14. The molecule has 0 spiro atoms. The maximum atomic E-state index is 12.3. The van der Waals surface area contributed by atoms with Crippen molar-refractivity contribution in [1.82, 2.24) is 15.4 Å². The molecule has 4 N–H and O–H groups in total. The van der Waals surface area contributed by atoms with Crippen LogP contribution < -0.4 is 21.4 Å². The van der Waals surface area contributed by atoms with E-state index in [4.69, 9.17) is 11.6 Å². The number of sulfonamides is 1. The number of aromatic amines is 2. The molecule has 1 aromatic heterocycles. The highest BCUT2D eigenvalue weighted by Gasteiger charge is 2.19. The van der Waals surface area contributed by atoms with E-state index in [1.54, 1.807) is 24.3 Å². The molecule has 0 aliphatic heterocycles. The van der Waals surface area contributed by atoms with E-state index in [1.807, 2.05) is 4.98 Å². The third kappa shape index (κ3) is 5.21. The molecule has 12 heteroatoms. The van der Waals surface area contributed by atoms with Crippen LogP contribution in [0.4, 0.5) is 5.69 Å². The largest absolute Gasteiger partial charge is 0.325 e. The van der Waals surface area contributed by atoms with Crippen molar-refractivity contribution in [3.63, 3.8) is 0 Å². The lowest BCUT2D eigenvalue weighted by Gasteiger charge is -2.07. The van der Waals surface area contributed by atoms with Crippen molar-refractivity contribution in [1.29, 1.82) is 0 Å². The van der Waals surface area contributed by atoms with E-state index in [1.165, 1.54) is 30.5 Å². The lowest BCUT2D eigenvalue weighted by molar-refractivity contribution is 0.0955. The third-order valence-corrected chi connectivity index (χ3v) is 5.32. The molecular weight excluding hydrogens is 434 g/mol. The van der Waals surface area contributed by atoms with Crippen molar-refractivity contribution in [3.8, 4) is 0 Å². The highest BCUT2D eigenvalue weighted by molar-refractivity contribution is 7.92. The van der Waals surface area contributed by atoms with Crippen LogP contribution in [-0.2, 0) is 10.0 Å². The second-order valence-corrected chi connectivity index (χ2v) is 7.96. The second kappa shape index (κ2) is 8.76. The van der Waals surface area contributed by atoms with Crippen LogP contribution in [0.5, 0.6) is 0 Å². The standard InChI is InChI=1S/C18H14ClN5O5S/c19-13-3-1-2-11(8-13)9-21-23-16(25)12-4-6-14(7-5-12)24-30(28,29)15-10-20-18(27)22-17(15)26/h1-10,24H,(H,23,25)(H2,20,22,26,27)/b21-9+. The minimum absolute atomic E-state index is 0.111. The van der Waals surface area contributed by atoms with Crippen molar-refractivity contribution in [2.75, 3.05) is 4.72 Å². The molecule has 0 atom stereocenters. The molecular formula is C18H14ClN5O5S. The number of hydrogen-bond donors (Lipinski definition) is 4. The molecule has 1 heterocycles. The fraction of sp³-hybridized carbons (Fsp3) is 0. The zero-order valence-electron chi connectivity index (χ0n) is 15.0. The molecule has 1 amide bonds. The fourth-order valence-electron chi connectivity index (χ4n) is 2.31. The van der Waals surface area contributed by atoms with Crippen LogP contribution in [0.1, 0.15) is 15.9 Å². The number of nitrogens with one attached hydrogen (secondary N) is 4. The van der Waals surface area contributed by atoms with Gasteiger partial charge in [-0.05, 0) is 42.0 Å². The number of H-pyrrole nitrogens is 2. The summed E-state index contributed by atoms with van der Waals surface area (Å²) in [6.45, 7) is 0. The summed E-state index contributed by atoms with van der Waals surface area (Å²) >= 11 is 5.87. The molecule has 10 nitrogen and oxygen atoms in total. The van der Waals surface area contributed by atoms with Gasteiger partial charge in [0.1, 0.15) is 0 Å². The molecule has 0 aliphatic carbocycles. The first kappa shape index (κ1) is 21.0. The Balaban J connectivity index is 1.67. The minimum atomic E-state index is -4.24. The number of halogens is 1. The lowest BCUT2D eigenvalue weighted by atomic mass is 10.2. The predicted molar refractivity (Wildman–Crippen MR) is 111 cm³/mol. The van der Waals surface area contributed by atoms with Gasteiger partial charge in [-0.2, -0.15) is 5.10 Å². The Morgan fingerprint density at radius 2 is 1.83 bits per heavy atom. The fourth-order valence-corrected chi connectivity index (χ4v) is 3.58. The minimum Gasteiger partial charge on any atom is -0.313 e. The van der Waals surface area contributed by atoms with Crippen LogP contribution in [0.25, 0.3) is 0 Å². The molecule has 0 fully saturated rings. The van der Waals surface area contributed by atoms with Crippen molar-refractivity contribution in [2.24, 2.45) is 5.10 Å². The molecule has 0 radical (unpaired) electrons. The Hall–Kier alpha value is -3.70. The normalized spacial score (nSPS) is 11.4. The summed E-state index contributed by atoms with van der Waals surface area (Å²) in [4.78, 5) is 38.1. The van der Waals surface area contributed by atoms with Crippen molar-refractivity contribution in [2.45, 2.75) is 4.90 Å². The summed E-state index contributed by atoms with van der Waals surface area (Å²) < 4.78 is 26.8.